The number of nitriles is 1. The molecule has 3 aromatic heterocycles. The van der Waals surface area contributed by atoms with Crippen LogP contribution in [0.3, 0.4) is 0 Å². The monoisotopic (exact) mass is 728 g/mol. The van der Waals surface area contributed by atoms with Gasteiger partial charge in [-0.25, -0.2) is 9.31 Å². The number of alkyl halides is 3. The number of hydrogen-bond acceptors (Lipinski definition) is 10. The Morgan fingerprint density at radius 1 is 1.12 bits per heavy atom. The van der Waals surface area contributed by atoms with E-state index in [0.29, 0.717) is 48.4 Å². The summed E-state index contributed by atoms with van der Waals surface area (Å²) < 4.78 is 61.3. The number of pyridine rings is 2. The number of nitrogens with two attached hydrogens (primary N) is 1. The third-order valence-electron chi connectivity index (χ3n) is 9.06. The van der Waals surface area contributed by atoms with Crippen molar-refractivity contribution in [1.82, 2.24) is 19.5 Å². The first kappa shape index (κ1) is 39.3. The van der Waals surface area contributed by atoms with Gasteiger partial charge >= 0.3 is 12.3 Å². The number of carbonyl (C=O) groups is 1. The maximum atomic E-state index is 13.8. The van der Waals surface area contributed by atoms with Gasteiger partial charge in [-0.15, -0.1) is 0 Å². The van der Waals surface area contributed by atoms with E-state index >= 15 is 0 Å². The second-order valence-electron chi connectivity index (χ2n) is 15.1. The van der Waals surface area contributed by atoms with Crippen LogP contribution in [0.5, 0.6) is 5.75 Å². The minimum atomic E-state index is -4.63. The number of ether oxygens (including phenoxy) is 2. The van der Waals surface area contributed by atoms with Crippen LogP contribution in [0.15, 0.2) is 47.0 Å². The van der Waals surface area contributed by atoms with Crippen LogP contribution in [-0.2, 0) is 15.3 Å². The zero-order valence-electron chi connectivity index (χ0n) is 30.6. The number of amides is 1. The van der Waals surface area contributed by atoms with Crippen molar-refractivity contribution in [3.8, 4) is 11.8 Å². The summed E-state index contributed by atoms with van der Waals surface area (Å²) in [5.41, 5.74) is 0.410. The van der Waals surface area contributed by atoms with Crippen LogP contribution < -0.4 is 10.6 Å². The molecule has 4 heterocycles. The lowest BCUT2D eigenvalue weighted by Crippen LogP contribution is -2.42. The van der Waals surface area contributed by atoms with Gasteiger partial charge in [-0.3, -0.25) is 9.98 Å². The second-order valence-corrected chi connectivity index (χ2v) is 19.9. The smallest absolute Gasteiger partial charge is 0.417 e. The number of nitrogens with zero attached hydrogens (tertiary/aromatic N) is 7. The fourth-order valence-corrected chi connectivity index (χ4v) is 6.24. The molecule has 0 spiro atoms. The number of fused-ring (bicyclic) bond motifs is 1. The Bertz CT molecular complexity index is 1830. The van der Waals surface area contributed by atoms with Crippen molar-refractivity contribution >= 4 is 31.4 Å². The van der Waals surface area contributed by atoms with E-state index in [-0.39, 0.29) is 40.7 Å². The summed E-state index contributed by atoms with van der Waals surface area (Å²) in [6.45, 7) is 18.3. The summed E-state index contributed by atoms with van der Waals surface area (Å²) in [5.74, 6) is 6.08. The first-order valence-electron chi connectivity index (χ1n) is 16.7. The third-order valence-corrected chi connectivity index (χ3v) is 13.6. The molecule has 1 fully saturated rings. The number of halogens is 3. The van der Waals surface area contributed by atoms with Crippen molar-refractivity contribution in [2.24, 2.45) is 15.9 Å². The molecule has 0 saturated carbocycles. The van der Waals surface area contributed by atoms with Crippen molar-refractivity contribution in [2.75, 3.05) is 19.7 Å². The van der Waals surface area contributed by atoms with E-state index in [1.165, 1.54) is 16.9 Å². The SMILES string of the molecule is CC(=NC1CCN(C(=O)OC(C)(C)C)CC1)/C(=N\N)c1cc(OC(CO[Si](C)(C)C(C)(C)C)c2cncc(C(F)(F)F)c2)c2c(C#N)cnn2c1. The largest absolute Gasteiger partial charge is 0.481 e. The number of hydrogen-bond donors (Lipinski definition) is 1. The fraction of sp³-hybridized carbons (Fsp3) is 0.543. The van der Waals surface area contributed by atoms with Gasteiger partial charge in [0.05, 0.1) is 30.1 Å². The van der Waals surface area contributed by atoms with Gasteiger partial charge in [-0.05, 0) is 70.8 Å². The Labute approximate surface area is 297 Å². The molecule has 51 heavy (non-hydrogen) atoms. The van der Waals surface area contributed by atoms with Crippen LogP contribution in [0.25, 0.3) is 5.52 Å². The Morgan fingerprint density at radius 2 is 1.78 bits per heavy atom. The van der Waals surface area contributed by atoms with Crippen LogP contribution in [0.1, 0.15) is 89.7 Å². The number of hydrazone groups is 1. The Balaban J connectivity index is 1.70. The van der Waals surface area contributed by atoms with Gasteiger partial charge in [0.15, 0.2) is 8.32 Å². The number of carbonyl (C=O) groups excluding carboxylic acids is 1. The number of likely N-dealkylation sites (tertiary alicyclic amines) is 1. The van der Waals surface area contributed by atoms with Crippen LogP contribution in [-0.4, -0.2) is 76.7 Å². The van der Waals surface area contributed by atoms with Crippen molar-refractivity contribution in [1.29, 1.82) is 5.26 Å². The molecule has 1 aliphatic rings. The summed E-state index contributed by atoms with van der Waals surface area (Å²) in [4.78, 5) is 22.9. The van der Waals surface area contributed by atoms with Gasteiger partial charge in [0.1, 0.15) is 40.3 Å². The van der Waals surface area contributed by atoms with E-state index in [9.17, 15) is 23.2 Å². The molecule has 1 atom stereocenters. The summed E-state index contributed by atoms with van der Waals surface area (Å²) in [6.07, 6.45) is 0.247. The zero-order chi connectivity index (χ0) is 37.9. The summed E-state index contributed by atoms with van der Waals surface area (Å²) in [5, 5.41) is 18.1. The fourth-order valence-electron chi connectivity index (χ4n) is 5.24. The molecule has 3 aromatic rings. The molecule has 1 amide bonds. The van der Waals surface area contributed by atoms with Crippen molar-refractivity contribution in [3.05, 3.63) is 59.2 Å². The van der Waals surface area contributed by atoms with E-state index in [4.69, 9.17) is 24.7 Å². The summed E-state index contributed by atoms with van der Waals surface area (Å²) in [6, 6.07) is 4.61. The molecule has 0 aromatic carbocycles. The minimum absolute atomic E-state index is 0.0772. The number of piperidine rings is 1. The predicted octanol–water partition coefficient (Wildman–Crippen LogP) is 7.28. The van der Waals surface area contributed by atoms with Crippen molar-refractivity contribution < 1.29 is 31.9 Å². The lowest BCUT2D eigenvalue weighted by atomic mass is 10.0. The lowest BCUT2D eigenvalue weighted by Gasteiger charge is -2.37. The molecule has 0 radical (unpaired) electrons. The van der Waals surface area contributed by atoms with E-state index in [0.717, 1.165) is 12.3 Å². The average molecular weight is 729 g/mol. The molecule has 1 saturated heterocycles. The maximum absolute atomic E-state index is 13.8. The van der Waals surface area contributed by atoms with Gasteiger partial charge in [0.2, 0.25) is 0 Å². The number of aliphatic imine (C=N–C) groups is 1. The highest BCUT2D eigenvalue weighted by molar-refractivity contribution is 6.74. The highest BCUT2D eigenvalue weighted by Gasteiger charge is 2.39. The molecule has 276 valence electrons. The van der Waals surface area contributed by atoms with Crippen molar-refractivity contribution in [3.63, 3.8) is 0 Å². The molecule has 1 unspecified atom stereocenters. The molecular formula is C35H47F3N8O4Si. The molecule has 0 aliphatic carbocycles. The van der Waals surface area contributed by atoms with Gasteiger partial charge in [0.25, 0.3) is 0 Å². The maximum Gasteiger partial charge on any atom is 0.417 e. The highest BCUT2D eigenvalue weighted by Crippen LogP contribution is 2.39. The molecule has 2 N–H and O–H groups in total. The molecule has 4 rings (SSSR count). The molecule has 1 aliphatic heterocycles. The van der Waals surface area contributed by atoms with E-state index in [1.54, 1.807) is 24.1 Å². The Kier molecular flexibility index (Phi) is 11.6. The van der Waals surface area contributed by atoms with Crippen LogP contribution in [0.2, 0.25) is 18.1 Å². The van der Waals surface area contributed by atoms with Crippen molar-refractivity contribution in [2.45, 2.75) is 103 Å². The second kappa shape index (κ2) is 15.0. The van der Waals surface area contributed by atoms with Gasteiger partial charge in [0, 0.05) is 42.8 Å². The molecule has 16 heteroatoms. The third kappa shape index (κ3) is 9.64. The average Bonchev–Trinajstić information content (AvgIpc) is 3.45. The number of rotatable bonds is 9. The summed E-state index contributed by atoms with van der Waals surface area (Å²) >= 11 is 0. The van der Waals surface area contributed by atoms with E-state index in [2.05, 4.69) is 42.0 Å². The van der Waals surface area contributed by atoms with Gasteiger partial charge in [-0.1, -0.05) is 20.8 Å². The zero-order valence-corrected chi connectivity index (χ0v) is 31.6. The quantitative estimate of drug-likeness (QED) is 0.104. The van der Waals surface area contributed by atoms with Crippen LogP contribution in [0.4, 0.5) is 18.0 Å². The predicted molar refractivity (Wildman–Crippen MR) is 190 cm³/mol. The Morgan fingerprint density at radius 3 is 2.35 bits per heavy atom. The lowest BCUT2D eigenvalue weighted by molar-refractivity contribution is -0.138. The first-order chi connectivity index (χ1) is 23.6. The normalized spacial score (nSPS) is 16.3. The standard InChI is InChI=1S/C35H47F3N8O4Si/c1-22(43-27-10-12-45(13-11-27)32(47)50-33(2,3)4)30(44-40)24-15-28(31-25(16-39)18-42-46(31)20-24)49-29(21-48-51(8,9)34(5,6)7)23-14-26(19-41-17-23)35(36,37)38/h14-15,17-20,27,29H,10-13,21,40H2,1-9H3/b43-22?,44-30+. The van der Waals surface area contributed by atoms with Crippen LogP contribution in [0, 0.1) is 11.3 Å². The highest BCUT2D eigenvalue weighted by atomic mass is 28.4. The molecule has 12 nitrogen and oxygen atoms in total. The summed E-state index contributed by atoms with van der Waals surface area (Å²) in [7, 11) is -2.39. The van der Waals surface area contributed by atoms with E-state index in [1.807, 2.05) is 33.9 Å². The minimum Gasteiger partial charge on any atom is -0.481 e. The number of aromatic nitrogens is 3. The van der Waals surface area contributed by atoms with Crippen LogP contribution >= 0.6 is 0 Å². The Hall–Kier alpha value is -4.49. The van der Waals surface area contributed by atoms with Gasteiger partial charge < -0.3 is 24.6 Å². The molecule has 0 bridgehead atoms. The molecular weight excluding hydrogens is 682 g/mol. The van der Waals surface area contributed by atoms with Gasteiger partial charge in [-0.2, -0.15) is 28.6 Å². The first-order valence-corrected chi connectivity index (χ1v) is 19.6. The van der Waals surface area contributed by atoms with E-state index < -0.39 is 31.8 Å². The topological polar surface area (TPSA) is 153 Å².